The third-order valence-corrected chi connectivity index (χ3v) is 7.89. The molecular weight excluding hydrogens is 622 g/mol. The van der Waals surface area contributed by atoms with Crippen LogP contribution in [0, 0.1) is 17.1 Å². The van der Waals surface area contributed by atoms with Crippen molar-refractivity contribution in [1.29, 1.82) is 5.26 Å². The molecule has 1 aromatic heterocycles. The van der Waals surface area contributed by atoms with E-state index in [-0.39, 0.29) is 23.1 Å². The van der Waals surface area contributed by atoms with Crippen LogP contribution in [-0.4, -0.2) is 44.6 Å². The molecule has 4 aromatic rings. The number of alkyl halides is 3. The Labute approximate surface area is 266 Å². The number of nitriles is 1. The Balaban J connectivity index is 1.27. The van der Waals surface area contributed by atoms with Crippen LogP contribution in [0.5, 0.6) is 5.75 Å². The zero-order valence-electron chi connectivity index (χ0n) is 24.6. The molecule has 1 aliphatic rings. The van der Waals surface area contributed by atoms with Gasteiger partial charge < -0.3 is 15.0 Å². The number of hydrogen-bond donors (Lipinski definition) is 1. The number of rotatable bonds is 7. The van der Waals surface area contributed by atoms with E-state index in [0.29, 0.717) is 34.4 Å². The summed E-state index contributed by atoms with van der Waals surface area (Å²) in [7, 11) is 0. The maximum atomic E-state index is 14.0. The van der Waals surface area contributed by atoms with E-state index >= 15 is 0 Å². The zero-order valence-corrected chi connectivity index (χ0v) is 25.4. The minimum Gasteiger partial charge on any atom is -0.406 e. The van der Waals surface area contributed by atoms with Gasteiger partial charge in [-0.1, -0.05) is 49.9 Å². The largest absolute Gasteiger partial charge is 0.573 e. The first kappa shape index (κ1) is 32.2. The Bertz CT molecular complexity index is 1810. The second kappa shape index (κ2) is 13.9. The normalized spacial score (nSPS) is 14.8. The average Bonchev–Trinajstić information content (AvgIpc) is 3.52. The molecule has 1 aliphatic heterocycles. The van der Waals surface area contributed by atoms with Crippen molar-refractivity contribution in [3.05, 3.63) is 96.2 Å². The molecule has 0 bridgehead atoms. The number of carbonyl (C=O) groups is 1. The van der Waals surface area contributed by atoms with Crippen LogP contribution in [0.1, 0.15) is 37.3 Å². The molecule has 236 valence electrons. The van der Waals surface area contributed by atoms with E-state index in [9.17, 15) is 27.6 Å². The number of carbonyl (C=O) groups excluding carboxylic acids is 1. The molecule has 1 fully saturated rings. The second-order valence-electron chi connectivity index (χ2n) is 10.4. The van der Waals surface area contributed by atoms with E-state index in [1.54, 1.807) is 30.3 Å². The number of amides is 2. The summed E-state index contributed by atoms with van der Waals surface area (Å²) in [6, 6.07) is 18.0. The van der Waals surface area contributed by atoms with Gasteiger partial charge in [-0.05, 0) is 65.9 Å². The number of urea groups is 1. The third kappa shape index (κ3) is 7.91. The Morgan fingerprint density at radius 1 is 1.13 bits per heavy atom. The average molecular weight is 650 g/mol. The Morgan fingerprint density at radius 2 is 1.87 bits per heavy atom. The summed E-state index contributed by atoms with van der Waals surface area (Å²) in [5.41, 5.74) is 3.45. The molecule has 0 saturated carbocycles. The smallest absolute Gasteiger partial charge is 0.406 e. The molecule has 2 amide bonds. The predicted octanol–water partition coefficient (Wildman–Crippen LogP) is 7.67. The van der Waals surface area contributed by atoms with Crippen molar-refractivity contribution in [2.75, 3.05) is 17.2 Å². The fourth-order valence-electron chi connectivity index (χ4n) is 4.66. The molecule has 0 spiro atoms. The molecule has 0 radical (unpaired) electrons. The molecule has 1 N–H and O–H groups in total. The molecule has 46 heavy (non-hydrogen) atoms. The second-order valence-corrected chi connectivity index (χ2v) is 11.4. The quantitative estimate of drug-likeness (QED) is 0.162. The summed E-state index contributed by atoms with van der Waals surface area (Å²) in [5.74, 6) is 0.521. The van der Waals surface area contributed by atoms with Crippen molar-refractivity contribution in [2.24, 2.45) is 4.99 Å². The predicted molar refractivity (Wildman–Crippen MR) is 168 cm³/mol. The van der Waals surface area contributed by atoms with Crippen LogP contribution in [-0.2, 0) is 0 Å². The summed E-state index contributed by atoms with van der Waals surface area (Å²) in [4.78, 5) is 23.3. The molecule has 14 heteroatoms. The molecule has 0 atom stereocenters. The van der Waals surface area contributed by atoms with Crippen molar-refractivity contribution in [1.82, 2.24) is 20.1 Å². The molecule has 3 aromatic carbocycles. The van der Waals surface area contributed by atoms with Gasteiger partial charge in [0, 0.05) is 29.7 Å². The van der Waals surface area contributed by atoms with Gasteiger partial charge in [0.15, 0.2) is 11.0 Å². The Kier molecular flexibility index (Phi) is 9.72. The van der Waals surface area contributed by atoms with Gasteiger partial charge in [0.2, 0.25) is 0 Å². The summed E-state index contributed by atoms with van der Waals surface area (Å²) in [5, 5.41) is 17.2. The van der Waals surface area contributed by atoms with E-state index < -0.39 is 12.4 Å². The first-order valence-electron chi connectivity index (χ1n) is 14.1. The van der Waals surface area contributed by atoms with Crippen LogP contribution in [0.3, 0.4) is 0 Å². The van der Waals surface area contributed by atoms with Crippen molar-refractivity contribution >= 4 is 34.2 Å². The van der Waals surface area contributed by atoms with E-state index in [1.165, 1.54) is 65.4 Å². The molecule has 9 nitrogen and oxygen atoms in total. The van der Waals surface area contributed by atoms with E-state index in [0.717, 1.165) is 23.4 Å². The fraction of sp³-hybridized carbons (Fsp3) is 0.219. The number of halogens is 4. The van der Waals surface area contributed by atoms with Crippen molar-refractivity contribution < 1.29 is 27.1 Å². The Hall–Kier alpha value is -5.16. The van der Waals surface area contributed by atoms with Gasteiger partial charge in [0.25, 0.3) is 0 Å². The number of hydrogen-bond acceptors (Lipinski definition) is 6. The minimum atomic E-state index is -4.78. The SMILES string of the molecule is CC(C)c1cc(F)ccc1N1CCCS/C1=N\C(=O)N/C=C(\C#N)c1ccc(-c2ncn(-c3ccc(OC(F)(F)F)cc3)n2)cc1. The summed E-state index contributed by atoms with van der Waals surface area (Å²) in [6.45, 7) is 4.59. The topological polar surface area (TPSA) is 108 Å². The molecule has 0 unspecified atom stereocenters. The summed E-state index contributed by atoms with van der Waals surface area (Å²) < 4.78 is 56.5. The van der Waals surface area contributed by atoms with Crippen molar-refractivity contribution in [2.45, 2.75) is 32.5 Å². The lowest BCUT2D eigenvalue weighted by molar-refractivity contribution is -0.274. The van der Waals surface area contributed by atoms with Crippen LogP contribution in [0.25, 0.3) is 22.6 Å². The van der Waals surface area contributed by atoms with E-state index in [1.807, 2.05) is 18.7 Å². The highest BCUT2D eigenvalue weighted by Gasteiger charge is 2.31. The Morgan fingerprint density at radius 3 is 2.54 bits per heavy atom. The van der Waals surface area contributed by atoms with Gasteiger partial charge in [-0.2, -0.15) is 10.3 Å². The van der Waals surface area contributed by atoms with E-state index in [4.69, 9.17) is 0 Å². The molecule has 1 saturated heterocycles. The molecular formula is C32H27F4N7O2S. The summed E-state index contributed by atoms with van der Waals surface area (Å²) in [6.07, 6.45) is -1.20. The lowest BCUT2D eigenvalue weighted by Gasteiger charge is -2.31. The van der Waals surface area contributed by atoms with Crippen LogP contribution >= 0.6 is 11.8 Å². The number of nitrogens with one attached hydrogen (secondary N) is 1. The van der Waals surface area contributed by atoms with Gasteiger partial charge in [-0.25, -0.2) is 18.9 Å². The molecule has 5 rings (SSSR count). The maximum absolute atomic E-state index is 14.0. The van der Waals surface area contributed by atoms with Crippen LogP contribution in [0.2, 0.25) is 0 Å². The maximum Gasteiger partial charge on any atom is 0.573 e. The van der Waals surface area contributed by atoms with Gasteiger partial charge in [-0.3, -0.25) is 0 Å². The first-order valence-corrected chi connectivity index (χ1v) is 15.1. The third-order valence-electron chi connectivity index (χ3n) is 6.83. The van der Waals surface area contributed by atoms with Crippen LogP contribution in [0.15, 0.2) is 84.2 Å². The fourth-order valence-corrected chi connectivity index (χ4v) is 5.61. The highest BCUT2D eigenvalue weighted by Crippen LogP contribution is 2.33. The number of amidine groups is 1. The number of allylic oxidation sites excluding steroid dienone is 1. The number of anilines is 1. The van der Waals surface area contributed by atoms with Crippen molar-refractivity contribution in [3.63, 3.8) is 0 Å². The zero-order chi connectivity index (χ0) is 32.8. The minimum absolute atomic E-state index is 0.0641. The molecule has 2 heterocycles. The lowest BCUT2D eigenvalue weighted by Crippen LogP contribution is -2.36. The van der Waals surface area contributed by atoms with Gasteiger partial charge in [-0.15, -0.1) is 18.3 Å². The van der Waals surface area contributed by atoms with Crippen molar-refractivity contribution in [3.8, 4) is 28.9 Å². The lowest BCUT2D eigenvalue weighted by atomic mass is 10.00. The highest BCUT2D eigenvalue weighted by atomic mass is 32.2. The molecule has 0 aliphatic carbocycles. The number of nitrogens with zero attached hydrogens (tertiary/aromatic N) is 6. The number of aromatic nitrogens is 3. The van der Waals surface area contributed by atoms with Gasteiger partial charge in [0.05, 0.1) is 11.3 Å². The number of aliphatic imine (C=N–C) groups is 1. The van der Waals surface area contributed by atoms with Crippen LogP contribution in [0.4, 0.5) is 28.0 Å². The number of thioether (sulfide) groups is 1. The highest BCUT2D eigenvalue weighted by molar-refractivity contribution is 8.14. The number of ether oxygens (including phenoxy) is 1. The standard InChI is InChI=1S/C32H27F4N7O2S/c1-20(2)27-16-24(33)8-13-28(27)42-14-3-15-46-31(42)40-30(44)38-18-23(17-37)21-4-6-22(7-5-21)29-39-19-43(41-29)25-9-11-26(12-10-25)45-32(34,35)36/h4-13,16,18-20H,3,14-15H2,1-2H3,(H,38,44)/b23-18+,40-31-. The van der Waals surface area contributed by atoms with Crippen LogP contribution < -0.4 is 15.0 Å². The summed E-state index contributed by atoms with van der Waals surface area (Å²) >= 11 is 1.43. The monoisotopic (exact) mass is 649 g/mol. The first-order chi connectivity index (χ1) is 22.0. The number of benzene rings is 3. The van der Waals surface area contributed by atoms with E-state index in [2.05, 4.69) is 31.2 Å². The van der Waals surface area contributed by atoms with Gasteiger partial charge >= 0.3 is 12.4 Å². The van der Waals surface area contributed by atoms with Gasteiger partial charge in [0.1, 0.15) is 24.0 Å².